The Bertz CT molecular complexity index is 704. The third-order valence-electron chi connectivity index (χ3n) is 3.63. The molecule has 1 fully saturated rings. The van der Waals surface area contributed by atoms with Crippen LogP contribution in [0.3, 0.4) is 0 Å². The van der Waals surface area contributed by atoms with Gasteiger partial charge in [0, 0.05) is 36.9 Å². The van der Waals surface area contributed by atoms with E-state index in [-0.39, 0.29) is 12.1 Å². The van der Waals surface area contributed by atoms with Gasteiger partial charge in [-0.3, -0.25) is 5.32 Å². The van der Waals surface area contributed by atoms with Gasteiger partial charge in [-0.15, -0.1) is 5.10 Å². The number of hydrogen-bond acceptors (Lipinski definition) is 7. The molecule has 8 nitrogen and oxygen atoms in total. The van der Waals surface area contributed by atoms with Crippen molar-refractivity contribution < 1.29 is 4.79 Å². The highest BCUT2D eigenvalue weighted by atomic mass is 32.1. The molecule has 1 aliphatic heterocycles. The van der Waals surface area contributed by atoms with Gasteiger partial charge in [-0.25, -0.2) is 9.78 Å². The van der Waals surface area contributed by atoms with E-state index in [4.69, 9.17) is 5.26 Å². The molecule has 3 rings (SSSR count). The number of nitrogens with one attached hydrogen (secondary N) is 2. The monoisotopic (exact) mass is 329 g/mol. The third kappa shape index (κ3) is 3.73. The van der Waals surface area contributed by atoms with Crippen LogP contribution in [0.25, 0.3) is 0 Å². The van der Waals surface area contributed by atoms with Crippen LogP contribution >= 0.6 is 11.5 Å². The first kappa shape index (κ1) is 15.2. The quantitative estimate of drug-likeness (QED) is 0.885. The number of amides is 2. The average Bonchev–Trinajstić information content (AvgIpc) is 3.08. The van der Waals surface area contributed by atoms with Gasteiger partial charge in [0.2, 0.25) is 0 Å². The van der Waals surface area contributed by atoms with Crippen LogP contribution < -0.4 is 15.5 Å². The minimum Gasteiger partial charge on any atom is -0.355 e. The molecule has 2 aromatic rings. The number of anilines is 2. The molecule has 0 radical (unpaired) electrons. The Kier molecular flexibility index (Phi) is 4.63. The summed E-state index contributed by atoms with van der Waals surface area (Å²) in [7, 11) is 0. The fraction of sp³-hybridized carbons (Fsp3) is 0.357. The van der Waals surface area contributed by atoms with Crippen molar-refractivity contribution in [3.63, 3.8) is 0 Å². The minimum atomic E-state index is -0.245. The van der Waals surface area contributed by atoms with E-state index in [9.17, 15) is 4.79 Å². The molecule has 3 heterocycles. The maximum Gasteiger partial charge on any atom is 0.320 e. The lowest BCUT2D eigenvalue weighted by Gasteiger charge is -2.33. The molecule has 118 valence electrons. The number of carbonyl (C=O) groups excluding carboxylic acids is 1. The number of hydrogen-bond donors (Lipinski definition) is 2. The predicted octanol–water partition coefficient (Wildman–Crippen LogP) is 1.60. The first-order chi connectivity index (χ1) is 11.3. The fourth-order valence-electron chi connectivity index (χ4n) is 2.53. The van der Waals surface area contributed by atoms with E-state index in [1.807, 2.05) is 0 Å². The van der Waals surface area contributed by atoms with E-state index >= 15 is 0 Å². The lowest BCUT2D eigenvalue weighted by molar-refractivity contribution is 0.246. The molecule has 2 amide bonds. The largest absolute Gasteiger partial charge is 0.355 e. The van der Waals surface area contributed by atoms with Crippen LogP contribution in [0.4, 0.5) is 15.6 Å². The second-order valence-electron chi connectivity index (χ2n) is 5.13. The van der Waals surface area contributed by atoms with Crippen molar-refractivity contribution in [1.82, 2.24) is 19.9 Å². The van der Waals surface area contributed by atoms with Gasteiger partial charge in [-0.2, -0.15) is 5.26 Å². The molecule has 9 heteroatoms. The first-order valence-electron chi connectivity index (χ1n) is 7.21. The normalized spacial score (nSPS) is 15.0. The molecule has 0 aromatic carbocycles. The molecule has 1 aliphatic rings. The zero-order valence-electron chi connectivity index (χ0n) is 12.3. The van der Waals surface area contributed by atoms with Gasteiger partial charge in [0.15, 0.2) is 0 Å². The van der Waals surface area contributed by atoms with Crippen molar-refractivity contribution in [2.45, 2.75) is 18.9 Å². The number of aromatic nitrogens is 3. The van der Waals surface area contributed by atoms with Crippen molar-refractivity contribution in [1.29, 1.82) is 5.26 Å². The molecule has 2 aromatic heterocycles. The molecule has 23 heavy (non-hydrogen) atoms. The summed E-state index contributed by atoms with van der Waals surface area (Å²) in [6.45, 7) is 1.50. The molecule has 2 N–H and O–H groups in total. The van der Waals surface area contributed by atoms with Crippen LogP contribution in [0.15, 0.2) is 24.5 Å². The SMILES string of the molecule is N#Cc1cccnc1N1CCC(NC(=O)Nc2cnns2)CC1. The van der Waals surface area contributed by atoms with Gasteiger partial charge in [0.25, 0.3) is 0 Å². The maximum absolute atomic E-state index is 11.9. The molecule has 1 saturated heterocycles. The minimum absolute atomic E-state index is 0.0985. The Morgan fingerprint density at radius 3 is 2.96 bits per heavy atom. The molecule has 0 aliphatic carbocycles. The molecule has 0 unspecified atom stereocenters. The molecular weight excluding hydrogens is 314 g/mol. The number of nitrogens with zero attached hydrogens (tertiary/aromatic N) is 5. The van der Waals surface area contributed by atoms with Crippen LogP contribution in [-0.4, -0.2) is 39.7 Å². The Hall–Kier alpha value is -2.73. The summed E-state index contributed by atoms with van der Waals surface area (Å²) >= 11 is 1.13. The summed E-state index contributed by atoms with van der Waals surface area (Å²) in [4.78, 5) is 18.3. The number of piperidine rings is 1. The summed E-state index contributed by atoms with van der Waals surface area (Å²) in [6.07, 6.45) is 4.81. The van der Waals surface area contributed by atoms with Crippen LogP contribution in [0.2, 0.25) is 0 Å². The third-order valence-corrected chi connectivity index (χ3v) is 4.21. The average molecular weight is 329 g/mol. The van der Waals surface area contributed by atoms with E-state index in [2.05, 4.69) is 36.2 Å². The van der Waals surface area contributed by atoms with E-state index in [0.29, 0.717) is 16.4 Å². The smallest absolute Gasteiger partial charge is 0.320 e. The van der Waals surface area contributed by atoms with E-state index in [1.54, 1.807) is 18.3 Å². The number of nitriles is 1. The van der Waals surface area contributed by atoms with Crippen molar-refractivity contribution in [3.8, 4) is 6.07 Å². The lowest BCUT2D eigenvalue weighted by Crippen LogP contribution is -2.46. The maximum atomic E-state index is 11.9. The highest BCUT2D eigenvalue weighted by molar-refractivity contribution is 7.10. The number of urea groups is 1. The molecular formula is C14H15N7OS. The highest BCUT2D eigenvalue weighted by Gasteiger charge is 2.23. The van der Waals surface area contributed by atoms with Crippen molar-refractivity contribution in [2.75, 3.05) is 23.3 Å². The van der Waals surface area contributed by atoms with E-state index < -0.39 is 0 Å². The number of pyridine rings is 1. The van der Waals surface area contributed by atoms with E-state index in [0.717, 1.165) is 37.5 Å². The molecule has 0 saturated carbocycles. The van der Waals surface area contributed by atoms with Crippen LogP contribution in [-0.2, 0) is 0 Å². The number of carbonyl (C=O) groups is 1. The van der Waals surface area contributed by atoms with E-state index in [1.165, 1.54) is 6.20 Å². The number of rotatable bonds is 3. The first-order valence-corrected chi connectivity index (χ1v) is 7.98. The Balaban J connectivity index is 1.52. The zero-order valence-corrected chi connectivity index (χ0v) is 13.1. The van der Waals surface area contributed by atoms with Gasteiger partial charge in [-0.1, -0.05) is 4.49 Å². The van der Waals surface area contributed by atoms with Crippen LogP contribution in [0.5, 0.6) is 0 Å². The fourth-order valence-corrected chi connectivity index (χ4v) is 2.94. The molecule has 0 bridgehead atoms. The second-order valence-corrected chi connectivity index (χ2v) is 5.91. The van der Waals surface area contributed by atoms with Gasteiger partial charge in [-0.05, 0) is 25.0 Å². The summed E-state index contributed by atoms with van der Waals surface area (Å²) in [5, 5.41) is 19.1. The highest BCUT2D eigenvalue weighted by Crippen LogP contribution is 2.21. The van der Waals surface area contributed by atoms with Gasteiger partial charge >= 0.3 is 6.03 Å². The molecule has 0 spiro atoms. The van der Waals surface area contributed by atoms with Crippen molar-refractivity contribution in [2.24, 2.45) is 0 Å². The summed E-state index contributed by atoms with van der Waals surface area (Å²) in [6, 6.07) is 5.55. The molecule has 0 atom stereocenters. The van der Waals surface area contributed by atoms with Crippen LogP contribution in [0, 0.1) is 11.3 Å². The predicted molar refractivity (Wildman–Crippen MR) is 86.3 cm³/mol. The second kappa shape index (κ2) is 7.02. The Morgan fingerprint density at radius 2 is 2.26 bits per heavy atom. The summed E-state index contributed by atoms with van der Waals surface area (Å²) in [5.41, 5.74) is 0.578. The topological polar surface area (TPSA) is 107 Å². The van der Waals surface area contributed by atoms with Gasteiger partial charge < -0.3 is 10.2 Å². The lowest BCUT2D eigenvalue weighted by atomic mass is 10.0. The van der Waals surface area contributed by atoms with Crippen LogP contribution in [0.1, 0.15) is 18.4 Å². The van der Waals surface area contributed by atoms with Crippen molar-refractivity contribution in [3.05, 3.63) is 30.1 Å². The summed E-state index contributed by atoms with van der Waals surface area (Å²) < 4.78 is 3.69. The Labute approximate surface area is 137 Å². The standard InChI is InChI=1S/C14H15N7OS/c15-8-10-2-1-5-16-13(10)21-6-3-11(4-7-21)18-14(22)19-12-9-17-20-23-12/h1-2,5,9,11H,3-4,6-7H2,(H2,18,19,22). The van der Waals surface area contributed by atoms with Crippen molar-refractivity contribution >= 4 is 28.4 Å². The van der Waals surface area contributed by atoms with Gasteiger partial charge in [0.05, 0.1) is 11.8 Å². The van der Waals surface area contributed by atoms with Gasteiger partial charge in [0.1, 0.15) is 16.9 Å². The zero-order chi connectivity index (χ0) is 16.1. The summed E-state index contributed by atoms with van der Waals surface area (Å²) in [5.74, 6) is 0.716. The Morgan fingerprint density at radius 1 is 1.43 bits per heavy atom.